The van der Waals surface area contributed by atoms with Crippen LogP contribution in [0.4, 0.5) is 26.3 Å². The predicted molar refractivity (Wildman–Crippen MR) is 160 cm³/mol. The van der Waals surface area contributed by atoms with Crippen molar-refractivity contribution in [2.24, 2.45) is 5.92 Å². The maximum absolute atomic E-state index is 15.2. The van der Waals surface area contributed by atoms with E-state index in [9.17, 15) is 17.6 Å². The molecule has 2 aliphatic rings. The minimum Gasteiger partial charge on any atom is -0.490 e. The summed E-state index contributed by atoms with van der Waals surface area (Å²) in [5.41, 5.74) is 2.22. The van der Waals surface area contributed by atoms with Crippen molar-refractivity contribution in [2.45, 2.75) is 71.1 Å². The van der Waals surface area contributed by atoms with Crippen molar-refractivity contribution in [1.82, 2.24) is 0 Å². The number of hydrogen-bond donors (Lipinski definition) is 0. The summed E-state index contributed by atoms with van der Waals surface area (Å²) in [6, 6.07) is 9.01. The van der Waals surface area contributed by atoms with Gasteiger partial charge in [-0.15, -0.1) is 0 Å². The second-order valence-electron chi connectivity index (χ2n) is 11.7. The molecule has 2 aliphatic carbocycles. The molecule has 2 nitrogen and oxygen atoms in total. The van der Waals surface area contributed by atoms with Crippen LogP contribution in [0.15, 0.2) is 48.6 Å². The van der Waals surface area contributed by atoms with Crippen molar-refractivity contribution >= 4 is 11.1 Å². The van der Waals surface area contributed by atoms with Crippen molar-refractivity contribution < 1.29 is 35.8 Å². The van der Waals surface area contributed by atoms with Crippen LogP contribution in [0, 0.1) is 47.7 Å². The Balaban J connectivity index is 1.19. The first-order valence-electron chi connectivity index (χ1n) is 15.2. The van der Waals surface area contributed by atoms with E-state index in [4.69, 9.17) is 9.47 Å². The van der Waals surface area contributed by atoms with Gasteiger partial charge in [-0.2, -0.15) is 8.78 Å². The minimum absolute atomic E-state index is 0.0170. The van der Waals surface area contributed by atoms with Gasteiger partial charge < -0.3 is 9.47 Å². The molecule has 8 heteroatoms. The highest BCUT2D eigenvalue weighted by Gasteiger charge is 2.27. The summed E-state index contributed by atoms with van der Waals surface area (Å²) in [6.07, 6.45) is 8.10. The van der Waals surface area contributed by atoms with E-state index < -0.39 is 34.9 Å². The molecule has 0 saturated carbocycles. The number of benzene rings is 3. The molecule has 3 aromatic rings. The summed E-state index contributed by atoms with van der Waals surface area (Å²) in [5.74, 6) is -6.33. The quantitative estimate of drug-likeness (QED) is 0.167. The van der Waals surface area contributed by atoms with E-state index in [0.717, 1.165) is 18.4 Å². The summed E-state index contributed by atoms with van der Waals surface area (Å²) >= 11 is 0. The van der Waals surface area contributed by atoms with Crippen LogP contribution in [0.1, 0.15) is 86.5 Å². The topological polar surface area (TPSA) is 18.5 Å². The van der Waals surface area contributed by atoms with Gasteiger partial charge in [0.1, 0.15) is 0 Å². The molecule has 44 heavy (non-hydrogen) atoms. The van der Waals surface area contributed by atoms with Gasteiger partial charge in [-0.25, -0.2) is 17.6 Å². The molecular weight excluding hydrogens is 578 g/mol. The van der Waals surface area contributed by atoms with Crippen molar-refractivity contribution in [1.29, 1.82) is 0 Å². The first kappa shape index (κ1) is 31.7. The van der Waals surface area contributed by atoms with E-state index in [1.807, 2.05) is 13.0 Å². The fourth-order valence-electron chi connectivity index (χ4n) is 5.94. The standard InChI is InChI=1S/C36H36F6O2/c1-3-4-19-43-29-17-15-27(33(39)35(29)41)24-10-12-25(13-11-24)28-16-18-30(36(42)34(28)40)44-20-22-6-8-23(9-7-22)26-14-5-21(2)31(37)32(26)38/h5,8,10,14-18,22,25H,3-4,6-7,9,11-13,19-20H2,1-2H3. The molecule has 0 aliphatic heterocycles. The maximum Gasteiger partial charge on any atom is 0.201 e. The van der Waals surface area contributed by atoms with E-state index in [1.54, 1.807) is 18.2 Å². The average Bonchev–Trinajstić information content (AvgIpc) is 3.03. The van der Waals surface area contributed by atoms with Crippen LogP contribution in [0.5, 0.6) is 11.5 Å². The molecule has 2 atom stereocenters. The van der Waals surface area contributed by atoms with Crippen LogP contribution < -0.4 is 9.47 Å². The Kier molecular flexibility index (Phi) is 10.1. The molecule has 0 aromatic heterocycles. The van der Waals surface area contributed by atoms with Crippen LogP contribution in [0.3, 0.4) is 0 Å². The molecule has 234 valence electrons. The molecule has 2 unspecified atom stereocenters. The lowest BCUT2D eigenvalue weighted by atomic mass is 9.82. The lowest BCUT2D eigenvalue weighted by Crippen LogP contribution is -2.16. The van der Waals surface area contributed by atoms with Gasteiger partial charge in [0.05, 0.1) is 13.2 Å². The molecule has 0 heterocycles. The van der Waals surface area contributed by atoms with Gasteiger partial charge in [0.25, 0.3) is 0 Å². The average molecular weight is 615 g/mol. The molecule has 0 spiro atoms. The number of rotatable bonds is 10. The van der Waals surface area contributed by atoms with Gasteiger partial charge in [0, 0.05) is 11.1 Å². The van der Waals surface area contributed by atoms with Crippen molar-refractivity contribution in [3.63, 3.8) is 0 Å². The van der Waals surface area contributed by atoms with Gasteiger partial charge in [-0.3, -0.25) is 0 Å². The zero-order valence-corrected chi connectivity index (χ0v) is 24.9. The van der Waals surface area contributed by atoms with E-state index in [2.05, 4.69) is 0 Å². The molecule has 3 aromatic carbocycles. The van der Waals surface area contributed by atoms with Gasteiger partial charge in [-0.1, -0.05) is 43.7 Å². The van der Waals surface area contributed by atoms with Crippen LogP contribution >= 0.6 is 0 Å². The zero-order chi connectivity index (χ0) is 31.4. The molecule has 0 amide bonds. The molecule has 0 bridgehead atoms. The lowest BCUT2D eigenvalue weighted by molar-refractivity contribution is 0.228. The van der Waals surface area contributed by atoms with Crippen LogP contribution in [0.2, 0.25) is 0 Å². The monoisotopic (exact) mass is 614 g/mol. The predicted octanol–water partition coefficient (Wildman–Crippen LogP) is 10.6. The normalized spacial score (nSPS) is 18.5. The smallest absolute Gasteiger partial charge is 0.201 e. The summed E-state index contributed by atoms with van der Waals surface area (Å²) in [6.45, 7) is 3.95. The third kappa shape index (κ3) is 6.69. The highest BCUT2D eigenvalue weighted by atomic mass is 19.2. The second kappa shape index (κ2) is 14.0. The third-order valence-electron chi connectivity index (χ3n) is 8.69. The Bertz CT molecular complexity index is 1580. The van der Waals surface area contributed by atoms with E-state index in [1.165, 1.54) is 31.2 Å². The van der Waals surface area contributed by atoms with Gasteiger partial charge in [0.2, 0.25) is 11.6 Å². The van der Waals surface area contributed by atoms with Crippen molar-refractivity contribution in [2.75, 3.05) is 13.2 Å². The Morgan fingerprint density at radius 3 is 1.93 bits per heavy atom. The SMILES string of the molecule is CCCCOc1ccc(C2=CCC(c3ccc(OCC4CC=C(c5ccc(C)c(F)c5F)CC4)c(F)c3F)CC2)c(F)c1F. The minimum atomic E-state index is -1.06. The van der Waals surface area contributed by atoms with Crippen LogP contribution in [0.25, 0.3) is 11.1 Å². The summed E-state index contributed by atoms with van der Waals surface area (Å²) in [4.78, 5) is 0. The molecule has 0 fully saturated rings. The first-order valence-corrected chi connectivity index (χ1v) is 15.2. The Hall–Kier alpha value is -3.68. The van der Waals surface area contributed by atoms with Crippen molar-refractivity contribution in [3.8, 4) is 11.5 Å². The fourth-order valence-corrected chi connectivity index (χ4v) is 5.94. The largest absolute Gasteiger partial charge is 0.490 e. The van der Waals surface area contributed by atoms with E-state index >= 15 is 8.78 Å². The maximum atomic E-state index is 15.2. The Morgan fingerprint density at radius 2 is 1.27 bits per heavy atom. The second-order valence-corrected chi connectivity index (χ2v) is 11.7. The highest BCUT2D eigenvalue weighted by Crippen LogP contribution is 2.40. The summed E-state index contributed by atoms with van der Waals surface area (Å²) in [7, 11) is 0. The Labute approximate surface area is 254 Å². The number of aryl methyl sites for hydroxylation is 1. The zero-order valence-electron chi connectivity index (χ0n) is 24.9. The van der Waals surface area contributed by atoms with Gasteiger partial charge in [0.15, 0.2) is 34.8 Å². The van der Waals surface area contributed by atoms with Crippen molar-refractivity contribution in [3.05, 3.63) is 106 Å². The molecule has 5 rings (SSSR count). The number of allylic oxidation sites excluding steroid dienone is 4. The van der Waals surface area contributed by atoms with E-state index in [-0.39, 0.29) is 52.2 Å². The Morgan fingerprint density at radius 1 is 0.659 bits per heavy atom. The number of unbranched alkanes of at least 4 members (excludes halogenated alkanes) is 1. The van der Waals surface area contributed by atoms with E-state index in [0.29, 0.717) is 50.7 Å². The summed E-state index contributed by atoms with van der Waals surface area (Å²) < 4.78 is 99.0. The molecule has 0 N–H and O–H groups in total. The van der Waals surface area contributed by atoms with Gasteiger partial charge in [-0.05, 0) is 104 Å². The number of hydrogen-bond acceptors (Lipinski definition) is 2. The van der Waals surface area contributed by atoms with Gasteiger partial charge >= 0.3 is 0 Å². The third-order valence-corrected chi connectivity index (χ3v) is 8.69. The molecule has 0 radical (unpaired) electrons. The lowest BCUT2D eigenvalue weighted by Gasteiger charge is -2.25. The summed E-state index contributed by atoms with van der Waals surface area (Å²) in [5, 5.41) is 0. The highest BCUT2D eigenvalue weighted by molar-refractivity contribution is 5.68. The molecular formula is C36H36F6O2. The fraction of sp³-hybridized carbons (Fsp3) is 0.389. The van der Waals surface area contributed by atoms with Crippen LogP contribution in [-0.4, -0.2) is 13.2 Å². The number of ether oxygens (including phenoxy) is 2. The van der Waals surface area contributed by atoms with Crippen LogP contribution in [-0.2, 0) is 0 Å². The first-order chi connectivity index (χ1) is 21.2. The number of halogens is 6. The molecule has 0 saturated heterocycles.